The largest absolute Gasteiger partial charge is 0.416 e. The number of piperidine rings is 1. The number of para-hydroxylation sites is 1. The van der Waals surface area contributed by atoms with Gasteiger partial charge in [-0.25, -0.2) is 8.78 Å². The molecule has 0 spiro atoms. The van der Waals surface area contributed by atoms with Crippen LogP contribution in [0, 0.1) is 11.6 Å². The lowest BCUT2D eigenvalue weighted by atomic mass is 10.00. The summed E-state index contributed by atoms with van der Waals surface area (Å²) in [6, 6.07) is 26.7. The molecular weight excluding hydrogens is 734 g/mol. The maximum absolute atomic E-state index is 14.6. The van der Waals surface area contributed by atoms with Gasteiger partial charge < -0.3 is 14.4 Å². The number of nitrogens with zero attached hydrogens (tertiary/aromatic N) is 5. The van der Waals surface area contributed by atoms with Gasteiger partial charge in [0.2, 0.25) is 5.91 Å². The summed E-state index contributed by atoms with van der Waals surface area (Å²) in [7, 11) is 0. The quantitative estimate of drug-likeness (QED) is 0.0922. The molecule has 13 heteroatoms. The fraction of sp³-hybridized carbons (Fsp3) is 0.262. The average Bonchev–Trinajstić information content (AvgIpc) is 3.72. The maximum atomic E-state index is 14.6. The Morgan fingerprint density at radius 2 is 1.56 bits per heavy atom. The van der Waals surface area contributed by atoms with E-state index in [1.807, 2.05) is 46.1 Å². The molecule has 0 radical (unpaired) electrons. The fourth-order valence-electron chi connectivity index (χ4n) is 7.03. The normalized spacial score (nSPS) is 14.1. The second kappa shape index (κ2) is 16.6. The lowest BCUT2D eigenvalue weighted by Gasteiger charge is -2.39. The molecule has 2 aromatic heterocycles. The van der Waals surface area contributed by atoms with Crippen molar-refractivity contribution < 1.29 is 26.7 Å². The minimum Gasteiger partial charge on any atom is -0.334 e. The lowest BCUT2D eigenvalue weighted by molar-refractivity contribution is -0.137. The van der Waals surface area contributed by atoms with Gasteiger partial charge in [-0.15, -0.1) is 11.8 Å². The van der Waals surface area contributed by atoms with E-state index in [2.05, 4.69) is 10.00 Å². The summed E-state index contributed by atoms with van der Waals surface area (Å²) in [5, 5.41) is 5.19. The van der Waals surface area contributed by atoms with Gasteiger partial charge in [0.1, 0.15) is 6.54 Å². The number of aromatic nitrogens is 3. The van der Waals surface area contributed by atoms with Gasteiger partial charge in [-0.05, 0) is 65.9 Å². The van der Waals surface area contributed by atoms with Crippen molar-refractivity contribution in [3.63, 3.8) is 0 Å². The molecule has 0 atom stereocenters. The number of hydrogen-bond acceptors (Lipinski definition) is 5. The lowest BCUT2D eigenvalue weighted by Crippen LogP contribution is -2.48. The van der Waals surface area contributed by atoms with Crippen molar-refractivity contribution in [3.8, 4) is 11.1 Å². The summed E-state index contributed by atoms with van der Waals surface area (Å²) in [6.07, 6.45) is 0.730. The first-order chi connectivity index (χ1) is 26.5. The Morgan fingerprint density at radius 3 is 2.25 bits per heavy atom. The highest BCUT2D eigenvalue weighted by atomic mass is 32.2. The summed E-state index contributed by atoms with van der Waals surface area (Å²) in [4.78, 5) is 32.1. The van der Waals surface area contributed by atoms with Crippen LogP contribution in [0.4, 0.5) is 22.0 Å². The number of pyridine rings is 1. The predicted octanol–water partition coefficient (Wildman–Crippen LogP) is 8.65. The number of carbonyl (C=O) groups excluding carboxylic acids is 1. The highest BCUT2D eigenvalue weighted by molar-refractivity contribution is 7.98. The second-order valence-corrected chi connectivity index (χ2v) is 14.6. The van der Waals surface area contributed by atoms with Crippen molar-refractivity contribution in [2.24, 2.45) is 0 Å². The van der Waals surface area contributed by atoms with Crippen molar-refractivity contribution in [3.05, 3.63) is 154 Å². The Hall–Kier alpha value is -5.27. The molecule has 4 aromatic carbocycles. The summed E-state index contributed by atoms with van der Waals surface area (Å²) >= 11 is 1.16. The topological polar surface area (TPSA) is 63.4 Å². The predicted molar refractivity (Wildman–Crippen MR) is 203 cm³/mol. The standard InChI is InChI=1S/C42H38F5N5O2S/c43-36-7-3-5-32(41(36)44)28-55-40-25-38(53)35-6-1-2-8-37(35)52(40)27-39(54)51(34-17-21-49(22-18-34)23-24-50-20-4-19-48-50)26-29-9-11-30(12-10-29)31-13-15-33(16-14-31)42(45,46)47/h1-16,19-20,25,34H,17-18,21-24,26-28H2. The van der Waals surface area contributed by atoms with Gasteiger partial charge in [0.05, 0.1) is 22.7 Å². The van der Waals surface area contributed by atoms with Gasteiger partial charge >= 0.3 is 6.18 Å². The van der Waals surface area contributed by atoms with Crippen molar-refractivity contribution >= 4 is 28.6 Å². The zero-order valence-corrected chi connectivity index (χ0v) is 30.6. The van der Waals surface area contributed by atoms with E-state index in [9.17, 15) is 31.5 Å². The van der Waals surface area contributed by atoms with Crippen molar-refractivity contribution in [1.82, 2.24) is 24.1 Å². The molecule has 55 heavy (non-hydrogen) atoms. The Morgan fingerprint density at radius 1 is 0.855 bits per heavy atom. The van der Waals surface area contributed by atoms with E-state index >= 15 is 0 Å². The van der Waals surface area contributed by atoms with Crippen LogP contribution in [-0.2, 0) is 36.4 Å². The SMILES string of the molecule is O=C(Cn1c(SCc2cccc(F)c2F)cc(=O)c2ccccc21)N(Cc1ccc(-c2ccc(C(F)(F)F)cc2)cc1)C1CCN(CCn2cccn2)CC1. The van der Waals surface area contributed by atoms with Crippen LogP contribution >= 0.6 is 11.8 Å². The molecule has 0 aliphatic carbocycles. The minimum atomic E-state index is -4.42. The fourth-order valence-corrected chi connectivity index (χ4v) is 8.06. The number of benzene rings is 4. The zero-order chi connectivity index (χ0) is 38.5. The van der Waals surface area contributed by atoms with Crippen LogP contribution < -0.4 is 5.43 Å². The van der Waals surface area contributed by atoms with Crippen molar-refractivity contribution in [2.45, 2.75) is 55.5 Å². The van der Waals surface area contributed by atoms with Crippen molar-refractivity contribution in [1.29, 1.82) is 0 Å². The number of thioether (sulfide) groups is 1. The number of amides is 1. The van der Waals surface area contributed by atoms with Gasteiger partial charge in [0.25, 0.3) is 0 Å². The van der Waals surface area contributed by atoms with Crippen LogP contribution in [0.3, 0.4) is 0 Å². The molecule has 0 bridgehead atoms. The van der Waals surface area contributed by atoms with E-state index in [1.54, 1.807) is 35.0 Å². The third kappa shape index (κ3) is 9.00. The van der Waals surface area contributed by atoms with Crippen molar-refractivity contribution in [2.75, 3.05) is 19.6 Å². The molecule has 7 nitrogen and oxygen atoms in total. The van der Waals surface area contributed by atoms with E-state index in [1.165, 1.54) is 30.3 Å². The molecular formula is C42H38F5N5O2S. The Labute approximate surface area is 319 Å². The first kappa shape index (κ1) is 38.0. The minimum absolute atomic E-state index is 0.0432. The number of carbonyl (C=O) groups is 1. The summed E-state index contributed by atoms with van der Waals surface area (Å²) < 4.78 is 71.8. The Kier molecular flexibility index (Phi) is 11.5. The number of likely N-dealkylation sites (tertiary alicyclic amines) is 1. The van der Waals surface area contributed by atoms with Crippen LogP contribution in [0.15, 0.2) is 125 Å². The molecule has 0 N–H and O–H groups in total. The molecule has 1 saturated heterocycles. The van der Waals surface area contributed by atoms with Gasteiger partial charge in [-0.1, -0.05) is 60.7 Å². The highest BCUT2D eigenvalue weighted by Crippen LogP contribution is 2.32. The third-order valence-corrected chi connectivity index (χ3v) is 11.1. The van der Waals surface area contributed by atoms with Crippen LogP contribution in [0.5, 0.6) is 0 Å². The Bertz CT molecular complexity index is 2300. The van der Waals surface area contributed by atoms with Crippen LogP contribution in [0.1, 0.15) is 29.5 Å². The molecule has 1 fully saturated rings. The summed E-state index contributed by atoms with van der Waals surface area (Å²) in [6.45, 7) is 3.33. The molecule has 6 aromatic rings. The number of alkyl halides is 3. The molecule has 1 aliphatic rings. The number of hydrogen-bond donors (Lipinski definition) is 0. The molecule has 1 aliphatic heterocycles. The first-order valence-corrected chi connectivity index (χ1v) is 19.0. The average molecular weight is 772 g/mol. The monoisotopic (exact) mass is 771 g/mol. The number of fused-ring (bicyclic) bond motifs is 1. The van der Waals surface area contributed by atoms with E-state index in [0.29, 0.717) is 28.0 Å². The number of rotatable bonds is 12. The maximum Gasteiger partial charge on any atom is 0.416 e. The molecule has 1 amide bonds. The smallest absolute Gasteiger partial charge is 0.334 e. The highest BCUT2D eigenvalue weighted by Gasteiger charge is 2.31. The molecule has 0 saturated carbocycles. The van der Waals surface area contributed by atoms with E-state index in [4.69, 9.17) is 0 Å². The molecule has 284 valence electrons. The summed E-state index contributed by atoms with van der Waals surface area (Å²) in [5.41, 5.74) is 1.98. The van der Waals surface area contributed by atoms with E-state index in [-0.39, 0.29) is 35.2 Å². The van der Waals surface area contributed by atoms with Gasteiger partial charge in [0, 0.05) is 67.4 Å². The summed E-state index contributed by atoms with van der Waals surface area (Å²) in [5.74, 6) is -2.04. The van der Waals surface area contributed by atoms with Gasteiger partial charge in [-0.2, -0.15) is 18.3 Å². The number of halogens is 5. The van der Waals surface area contributed by atoms with Crippen LogP contribution in [0.25, 0.3) is 22.0 Å². The second-order valence-electron chi connectivity index (χ2n) is 13.6. The van der Waals surface area contributed by atoms with E-state index in [0.717, 1.165) is 80.1 Å². The zero-order valence-electron chi connectivity index (χ0n) is 29.8. The van der Waals surface area contributed by atoms with Crippen LogP contribution in [0.2, 0.25) is 0 Å². The molecule has 0 unspecified atom stereocenters. The third-order valence-electron chi connectivity index (χ3n) is 10.1. The molecule has 7 rings (SSSR count). The van der Waals surface area contributed by atoms with Gasteiger partial charge in [-0.3, -0.25) is 14.3 Å². The van der Waals surface area contributed by atoms with Crippen LogP contribution in [-0.4, -0.2) is 55.7 Å². The first-order valence-electron chi connectivity index (χ1n) is 18.0. The van der Waals surface area contributed by atoms with E-state index < -0.39 is 23.4 Å². The Balaban J connectivity index is 1.15. The van der Waals surface area contributed by atoms with Gasteiger partial charge in [0.15, 0.2) is 17.1 Å². The molecule has 3 heterocycles.